The molecule has 1 aromatic heterocycles. The van der Waals surface area contributed by atoms with Crippen LogP contribution in [-0.2, 0) is 17.1 Å². The van der Waals surface area contributed by atoms with Crippen LogP contribution in [0.3, 0.4) is 0 Å². The summed E-state index contributed by atoms with van der Waals surface area (Å²) in [5, 5.41) is 7.99. The lowest BCUT2D eigenvalue weighted by molar-refractivity contribution is 0.306. The van der Waals surface area contributed by atoms with Crippen LogP contribution in [0.1, 0.15) is 24.6 Å². The van der Waals surface area contributed by atoms with Crippen molar-refractivity contribution in [3.63, 3.8) is 0 Å². The Kier molecular flexibility index (Phi) is 3.88. The van der Waals surface area contributed by atoms with Crippen LogP contribution in [0.2, 0.25) is 0 Å². The van der Waals surface area contributed by atoms with Gasteiger partial charge in [-0.25, -0.2) is 8.42 Å². The van der Waals surface area contributed by atoms with Gasteiger partial charge >= 0.3 is 0 Å². The van der Waals surface area contributed by atoms with Gasteiger partial charge in [0.05, 0.1) is 5.69 Å². The summed E-state index contributed by atoms with van der Waals surface area (Å²) in [6, 6.07) is 6.58. The molecule has 2 aromatic rings. The average Bonchev–Trinajstić information content (AvgIpc) is 2.94. The van der Waals surface area contributed by atoms with Gasteiger partial charge in [-0.2, -0.15) is 4.31 Å². The number of rotatable bonds is 3. The Bertz CT molecular complexity index is 771. The zero-order chi connectivity index (χ0) is 15.7. The molecule has 1 saturated heterocycles. The molecular formula is C14H19N5O2S. The van der Waals surface area contributed by atoms with Gasteiger partial charge in [0.15, 0.2) is 0 Å². The van der Waals surface area contributed by atoms with E-state index >= 15 is 0 Å². The number of para-hydroxylation sites is 1. The van der Waals surface area contributed by atoms with Gasteiger partial charge in [-0.3, -0.25) is 0 Å². The lowest BCUT2D eigenvalue weighted by Gasteiger charge is -2.31. The minimum atomic E-state index is -3.58. The summed E-state index contributed by atoms with van der Waals surface area (Å²) in [4.78, 5) is 0.175. The number of aromatic nitrogens is 3. The van der Waals surface area contributed by atoms with Gasteiger partial charge in [0.1, 0.15) is 17.0 Å². The van der Waals surface area contributed by atoms with E-state index in [9.17, 15) is 8.42 Å². The highest BCUT2D eigenvalue weighted by Crippen LogP contribution is 2.30. The van der Waals surface area contributed by atoms with E-state index in [0.29, 0.717) is 13.1 Å². The summed E-state index contributed by atoms with van der Waals surface area (Å²) in [5.74, 6) is 0.877. The van der Waals surface area contributed by atoms with Crippen LogP contribution in [0.5, 0.6) is 0 Å². The molecule has 8 heteroatoms. The van der Waals surface area contributed by atoms with Gasteiger partial charge in [-0.1, -0.05) is 12.1 Å². The number of nitrogens with two attached hydrogens (primary N) is 1. The highest BCUT2D eigenvalue weighted by molar-refractivity contribution is 7.89. The van der Waals surface area contributed by atoms with E-state index in [4.69, 9.17) is 5.73 Å². The molecule has 0 amide bonds. The van der Waals surface area contributed by atoms with Gasteiger partial charge in [-0.05, 0) is 25.0 Å². The number of hydrogen-bond acceptors (Lipinski definition) is 5. The van der Waals surface area contributed by atoms with E-state index in [1.54, 1.807) is 30.6 Å². The van der Waals surface area contributed by atoms with Gasteiger partial charge < -0.3 is 10.3 Å². The van der Waals surface area contributed by atoms with E-state index in [1.807, 2.05) is 11.6 Å². The highest BCUT2D eigenvalue weighted by atomic mass is 32.2. The minimum absolute atomic E-state index is 0.0564. The molecule has 2 N–H and O–H groups in total. The van der Waals surface area contributed by atoms with Crippen molar-refractivity contribution in [3.8, 4) is 0 Å². The minimum Gasteiger partial charge on any atom is -0.398 e. The molecule has 118 valence electrons. The van der Waals surface area contributed by atoms with Crippen LogP contribution in [0.15, 0.2) is 35.5 Å². The first-order chi connectivity index (χ1) is 10.5. The van der Waals surface area contributed by atoms with Crippen LogP contribution >= 0.6 is 0 Å². The molecule has 0 radical (unpaired) electrons. The number of sulfonamides is 1. The summed E-state index contributed by atoms with van der Waals surface area (Å²) < 4.78 is 29.0. The van der Waals surface area contributed by atoms with Crippen LogP contribution in [-0.4, -0.2) is 40.6 Å². The fourth-order valence-electron chi connectivity index (χ4n) is 2.89. The van der Waals surface area contributed by atoms with Crippen molar-refractivity contribution in [1.82, 2.24) is 19.1 Å². The SMILES string of the molecule is Cn1cnnc1C1CCCN(S(=O)(=O)c2ccccc2N)C1. The number of nitrogen functional groups attached to an aromatic ring is 1. The Hall–Kier alpha value is -1.93. The number of anilines is 1. The Morgan fingerprint density at radius 3 is 2.77 bits per heavy atom. The van der Waals surface area contributed by atoms with Crippen molar-refractivity contribution in [2.24, 2.45) is 7.05 Å². The number of aryl methyl sites for hydroxylation is 1. The van der Waals surface area contributed by atoms with Crippen molar-refractivity contribution >= 4 is 15.7 Å². The lowest BCUT2D eigenvalue weighted by Crippen LogP contribution is -2.39. The molecule has 1 aliphatic heterocycles. The summed E-state index contributed by atoms with van der Waals surface area (Å²) in [6.07, 6.45) is 3.34. The molecular weight excluding hydrogens is 302 g/mol. The molecule has 2 heterocycles. The highest BCUT2D eigenvalue weighted by Gasteiger charge is 2.33. The molecule has 3 rings (SSSR count). The molecule has 1 atom stereocenters. The third-order valence-electron chi connectivity index (χ3n) is 4.03. The molecule has 1 aromatic carbocycles. The van der Waals surface area contributed by atoms with Crippen LogP contribution < -0.4 is 5.73 Å². The van der Waals surface area contributed by atoms with Crippen LogP contribution in [0, 0.1) is 0 Å². The topological polar surface area (TPSA) is 94.1 Å². The fraction of sp³-hybridized carbons (Fsp3) is 0.429. The molecule has 7 nitrogen and oxygen atoms in total. The van der Waals surface area contributed by atoms with E-state index < -0.39 is 10.0 Å². The Balaban J connectivity index is 1.89. The van der Waals surface area contributed by atoms with Crippen molar-refractivity contribution in [2.45, 2.75) is 23.7 Å². The van der Waals surface area contributed by atoms with Crippen molar-refractivity contribution in [1.29, 1.82) is 0 Å². The second-order valence-electron chi connectivity index (χ2n) is 5.54. The van der Waals surface area contributed by atoms with E-state index in [2.05, 4.69) is 10.2 Å². The second kappa shape index (κ2) is 5.69. The number of hydrogen-bond donors (Lipinski definition) is 1. The van der Waals surface area contributed by atoms with E-state index in [0.717, 1.165) is 18.7 Å². The Morgan fingerprint density at radius 2 is 2.09 bits per heavy atom. The van der Waals surface area contributed by atoms with Gasteiger partial charge in [0, 0.05) is 26.1 Å². The summed E-state index contributed by atoms with van der Waals surface area (Å²) in [6.45, 7) is 0.911. The first-order valence-corrected chi connectivity index (χ1v) is 8.62. The van der Waals surface area contributed by atoms with Crippen molar-refractivity contribution in [2.75, 3.05) is 18.8 Å². The number of nitrogens with zero attached hydrogens (tertiary/aromatic N) is 4. The predicted molar refractivity (Wildman–Crippen MR) is 82.6 cm³/mol. The zero-order valence-corrected chi connectivity index (χ0v) is 13.2. The van der Waals surface area contributed by atoms with Gasteiger partial charge in [-0.15, -0.1) is 10.2 Å². The molecule has 1 unspecified atom stereocenters. The third kappa shape index (κ3) is 2.59. The maximum atomic E-state index is 12.8. The lowest BCUT2D eigenvalue weighted by atomic mass is 9.99. The quantitative estimate of drug-likeness (QED) is 0.850. The Morgan fingerprint density at radius 1 is 1.32 bits per heavy atom. The number of benzene rings is 1. The predicted octanol–water partition coefficient (Wildman–Crippen LogP) is 0.966. The molecule has 0 saturated carbocycles. The molecule has 0 aliphatic carbocycles. The fourth-order valence-corrected chi connectivity index (χ4v) is 4.53. The first-order valence-electron chi connectivity index (χ1n) is 7.18. The number of piperidine rings is 1. The van der Waals surface area contributed by atoms with Crippen LogP contribution in [0.25, 0.3) is 0 Å². The van der Waals surface area contributed by atoms with E-state index in [1.165, 1.54) is 4.31 Å². The summed E-state index contributed by atoms with van der Waals surface area (Å²) in [7, 11) is -1.71. The van der Waals surface area contributed by atoms with Crippen LogP contribution in [0.4, 0.5) is 5.69 Å². The van der Waals surface area contributed by atoms with Crippen molar-refractivity contribution < 1.29 is 8.42 Å². The zero-order valence-electron chi connectivity index (χ0n) is 12.4. The van der Waals surface area contributed by atoms with Gasteiger partial charge in [0.2, 0.25) is 10.0 Å². The third-order valence-corrected chi connectivity index (χ3v) is 5.97. The van der Waals surface area contributed by atoms with E-state index in [-0.39, 0.29) is 16.5 Å². The summed E-state index contributed by atoms with van der Waals surface area (Å²) >= 11 is 0. The molecule has 0 bridgehead atoms. The smallest absolute Gasteiger partial charge is 0.245 e. The molecule has 1 aliphatic rings. The molecule has 0 spiro atoms. The average molecular weight is 321 g/mol. The summed E-state index contributed by atoms with van der Waals surface area (Å²) in [5.41, 5.74) is 6.12. The maximum absolute atomic E-state index is 12.8. The van der Waals surface area contributed by atoms with Gasteiger partial charge in [0.25, 0.3) is 0 Å². The maximum Gasteiger partial charge on any atom is 0.245 e. The van der Waals surface area contributed by atoms with Crippen molar-refractivity contribution in [3.05, 3.63) is 36.4 Å². The monoisotopic (exact) mass is 321 g/mol. The largest absolute Gasteiger partial charge is 0.398 e. The molecule has 1 fully saturated rings. The standard InChI is InChI=1S/C14H19N5O2S/c1-18-10-16-17-14(18)11-5-4-8-19(9-11)22(20,21)13-7-3-2-6-12(13)15/h2-3,6-7,10-11H,4-5,8-9,15H2,1H3. The molecule has 22 heavy (non-hydrogen) atoms. The second-order valence-corrected chi connectivity index (χ2v) is 7.45. The normalized spacial score (nSPS) is 20.1. The first kappa shape index (κ1) is 15.0. The Labute approximate surface area is 129 Å².